The largest absolute Gasteiger partial charge is 0.380 e. The third kappa shape index (κ3) is 3.36. The van der Waals surface area contributed by atoms with Gasteiger partial charge < -0.3 is 5.73 Å². The maximum absolute atomic E-state index is 5.70. The highest BCUT2D eigenvalue weighted by Crippen LogP contribution is 2.02. The van der Waals surface area contributed by atoms with E-state index in [4.69, 9.17) is 17.3 Å². The van der Waals surface area contributed by atoms with Crippen molar-refractivity contribution in [2.24, 2.45) is 15.9 Å². The summed E-state index contributed by atoms with van der Waals surface area (Å²) in [4.78, 5) is 7.84. The molecule has 0 radical (unpaired) electrons. The summed E-state index contributed by atoms with van der Waals surface area (Å²) in [5, 5.41) is 7.97. The van der Waals surface area contributed by atoms with Crippen LogP contribution < -0.4 is 5.73 Å². The van der Waals surface area contributed by atoms with Crippen LogP contribution in [-0.4, -0.2) is 22.0 Å². The molecule has 18 heavy (non-hydrogen) atoms. The molecule has 2 N–H and O–H groups in total. The Morgan fingerprint density at radius 3 is 2.72 bits per heavy atom. The number of nitrogens with zero attached hydrogens (tertiary/aromatic N) is 4. The summed E-state index contributed by atoms with van der Waals surface area (Å²) in [5.74, 6) is 0.164. The average Bonchev–Trinajstić information content (AvgIpc) is 2.40. The molecule has 5 nitrogen and oxygen atoms in total. The zero-order chi connectivity index (χ0) is 12.8. The Bertz CT molecular complexity index is 580. The molecule has 0 aliphatic rings. The molecule has 0 saturated heterocycles. The third-order valence-electron chi connectivity index (χ3n) is 2.04. The Labute approximate surface area is 109 Å². The van der Waals surface area contributed by atoms with Crippen molar-refractivity contribution in [1.29, 1.82) is 0 Å². The highest BCUT2D eigenvalue weighted by molar-refractivity contribution is 6.29. The first kappa shape index (κ1) is 12.2. The Kier molecular flexibility index (Phi) is 3.98. The molecule has 0 amide bonds. The minimum Gasteiger partial charge on any atom is -0.380 e. The van der Waals surface area contributed by atoms with Gasteiger partial charge in [0, 0.05) is 0 Å². The van der Waals surface area contributed by atoms with Crippen LogP contribution >= 0.6 is 11.6 Å². The molecule has 0 unspecified atom stereocenters. The Morgan fingerprint density at radius 1 is 1.22 bits per heavy atom. The molecular weight excluding hydrogens is 250 g/mol. The molecule has 0 aliphatic carbocycles. The van der Waals surface area contributed by atoms with Gasteiger partial charge in [-0.3, -0.25) is 4.98 Å². The molecule has 0 fully saturated rings. The zero-order valence-electron chi connectivity index (χ0n) is 9.36. The lowest BCUT2D eigenvalue weighted by Gasteiger charge is -1.96. The molecule has 0 atom stereocenters. The van der Waals surface area contributed by atoms with E-state index in [1.54, 1.807) is 6.21 Å². The first-order chi connectivity index (χ1) is 8.75. The first-order valence-electron chi connectivity index (χ1n) is 5.15. The lowest BCUT2D eigenvalue weighted by molar-refractivity contribution is 1.15. The molecule has 1 heterocycles. The van der Waals surface area contributed by atoms with E-state index in [0.29, 0.717) is 5.69 Å². The molecule has 0 aliphatic heterocycles. The van der Waals surface area contributed by atoms with Crippen LogP contribution in [0.3, 0.4) is 0 Å². The standard InChI is InChI=1S/C12H10ClN5/c13-11-8-15-7-10(17-11)12(14)18-16-6-9-4-2-1-3-5-9/h1-8H,(H2,14,18). The quantitative estimate of drug-likeness (QED) is 0.519. The number of rotatable bonds is 3. The van der Waals surface area contributed by atoms with Gasteiger partial charge in [-0.2, -0.15) is 5.10 Å². The van der Waals surface area contributed by atoms with E-state index >= 15 is 0 Å². The SMILES string of the molecule is NC(=NN=Cc1ccccc1)c1cncc(Cl)n1. The smallest absolute Gasteiger partial charge is 0.173 e. The van der Waals surface area contributed by atoms with Crippen molar-refractivity contribution in [2.45, 2.75) is 0 Å². The van der Waals surface area contributed by atoms with Crippen molar-refractivity contribution in [2.75, 3.05) is 0 Å². The van der Waals surface area contributed by atoms with Crippen LogP contribution in [0.1, 0.15) is 11.3 Å². The van der Waals surface area contributed by atoms with Gasteiger partial charge in [-0.15, -0.1) is 5.10 Å². The van der Waals surface area contributed by atoms with E-state index in [9.17, 15) is 0 Å². The molecule has 0 saturated carbocycles. The van der Waals surface area contributed by atoms with Gasteiger partial charge in [-0.05, 0) is 5.56 Å². The van der Waals surface area contributed by atoms with Gasteiger partial charge in [-0.1, -0.05) is 41.9 Å². The topological polar surface area (TPSA) is 76.5 Å². The Balaban J connectivity index is 2.12. The van der Waals surface area contributed by atoms with Crippen molar-refractivity contribution in [3.05, 3.63) is 59.1 Å². The van der Waals surface area contributed by atoms with Gasteiger partial charge in [0.1, 0.15) is 10.8 Å². The summed E-state index contributed by atoms with van der Waals surface area (Å²) in [7, 11) is 0. The number of nitrogens with two attached hydrogens (primary N) is 1. The van der Waals surface area contributed by atoms with Crippen molar-refractivity contribution >= 4 is 23.7 Å². The second-order valence-electron chi connectivity index (χ2n) is 3.37. The maximum atomic E-state index is 5.70. The Hall–Kier alpha value is -2.27. The number of benzene rings is 1. The van der Waals surface area contributed by atoms with Crippen LogP contribution in [0.2, 0.25) is 5.15 Å². The molecule has 0 spiro atoms. The van der Waals surface area contributed by atoms with Gasteiger partial charge in [0.05, 0.1) is 18.6 Å². The van der Waals surface area contributed by atoms with E-state index in [1.807, 2.05) is 30.3 Å². The minimum atomic E-state index is 0.164. The van der Waals surface area contributed by atoms with Gasteiger partial charge in [-0.25, -0.2) is 4.98 Å². The van der Waals surface area contributed by atoms with Crippen LogP contribution in [0.15, 0.2) is 52.9 Å². The summed E-state index contributed by atoms with van der Waals surface area (Å²) in [6.07, 6.45) is 4.50. The second kappa shape index (κ2) is 5.88. The van der Waals surface area contributed by atoms with Crippen LogP contribution in [0.25, 0.3) is 0 Å². The third-order valence-corrected chi connectivity index (χ3v) is 2.22. The number of aromatic nitrogens is 2. The molecule has 6 heteroatoms. The highest BCUT2D eigenvalue weighted by Gasteiger charge is 2.00. The van der Waals surface area contributed by atoms with E-state index in [-0.39, 0.29) is 11.0 Å². The maximum Gasteiger partial charge on any atom is 0.173 e. The molecule has 2 rings (SSSR count). The molecule has 1 aromatic heterocycles. The number of amidine groups is 1. The molecule has 2 aromatic rings. The minimum absolute atomic E-state index is 0.164. The first-order valence-corrected chi connectivity index (χ1v) is 5.53. The summed E-state index contributed by atoms with van der Waals surface area (Å²) in [6.45, 7) is 0. The predicted octanol–water partition coefficient (Wildman–Crippen LogP) is 1.87. The predicted molar refractivity (Wildman–Crippen MR) is 71.8 cm³/mol. The van der Waals surface area contributed by atoms with Gasteiger partial charge >= 0.3 is 0 Å². The number of hydrogen-bond acceptors (Lipinski definition) is 4. The summed E-state index contributed by atoms with van der Waals surface area (Å²) in [5.41, 5.74) is 7.04. The van der Waals surface area contributed by atoms with Crippen molar-refractivity contribution < 1.29 is 0 Å². The molecule has 1 aromatic carbocycles. The van der Waals surface area contributed by atoms with E-state index in [1.165, 1.54) is 12.4 Å². The molecular formula is C12H10ClN5. The van der Waals surface area contributed by atoms with E-state index in [0.717, 1.165) is 5.56 Å². The van der Waals surface area contributed by atoms with E-state index < -0.39 is 0 Å². The Morgan fingerprint density at radius 2 is 2.00 bits per heavy atom. The van der Waals surface area contributed by atoms with Gasteiger partial charge in [0.15, 0.2) is 5.84 Å². The number of hydrogen-bond donors (Lipinski definition) is 1. The normalized spacial score (nSPS) is 11.9. The fourth-order valence-electron chi connectivity index (χ4n) is 1.21. The van der Waals surface area contributed by atoms with Crippen molar-refractivity contribution in [3.63, 3.8) is 0 Å². The monoisotopic (exact) mass is 259 g/mol. The van der Waals surface area contributed by atoms with E-state index in [2.05, 4.69) is 20.2 Å². The molecule has 90 valence electrons. The fourth-order valence-corrected chi connectivity index (χ4v) is 1.36. The zero-order valence-corrected chi connectivity index (χ0v) is 10.1. The summed E-state index contributed by atoms with van der Waals surface area (Å²) >= 11 is 5.70. The van der Waals surface area contributed by atoms with Crippen LogP contribution in [0, 0.1) is 0 Å². The van der Waals surface area contributed by atoms with Crippen LogP contribution in [-0.2, 0) is 0 Å². The average molecular weight is 260 g/mol. The van der Waals surface area contributed by atoms with Crippen molar-refractivity contribution in [3.8, 4) is 0 Å². The summed E-state index contributed by atoms with van der Waals surface area (Å²) in [6, 6.07) is 9.58. The van der Waals surface area contributed by atoms with Gasteiger partial charge in [0.25, 0.3) is 0 Å². The van der Waals surface area contributed by atoms with Crippen LogP contribution in [0.4, 0.5) is 0 Å². The lowest BCUT2D eigenvalue weighted by Crippen LogP contribution is -2.15. The highest BCUT2D eigenvalue weighted by atomic mass is 35.5. The number of halogens is 1. The lowest BCUT2D eigenvalue weighted by atomic mass is 10.2. The summed E-state index contributed by atoms with van der Waals surface area (Å²) < 4.78 is 0. The van der Waals surface area contributed by atoms with Crippen LogP contribution in [0.5, 0.6) is 0 Å². The van der Waals surface area contributed by atoms with Gasteiger partial charge in [0.2, 0.25) is 0 Å². The molecule has 0 bridgehead atoms. The second-order valence-corrected chi connectivity index (χ2v) is 3.75. The van der Waals surface area contributed by atoms with Crippen molar-refractivity contribution in [1.82, 2.24) is 9.97 Å². The fraction of sp³-hybridized carbons (Fsp3) is 0.